The van der Waals surface area contributed by atoms with Crippen molar-refractivity contribution >= 4 is 5.91 Å². The Morgan fingerprint density at radius 1 is 1.44 bits per heavy atom. The van der Waals surface area contributed by atoms with E-state index in [9.17, 15) is 9.59 Å². The van der Waals surface area contributed by atoms with E-state index in [4.69, 9.17) is 5.11 Å². The lowest BCUT2D eigenvalue weighted by Gasteiger charge is -2.31. The third kappa shape index (κ3) is 4.00. The monoisotopic (exact) mass is 253 g/mol. The summed E-state index contributed by atoms with van der Waals surface area (Å²) in [5.74, 6) is -0.313. The molecule has 1 unspecified atom stereocenters. The van der Waals surface area contributed by atoms with Crippen LogP contribution in [0.4, 0.5) is 0 Å². The fourth-order valence-corrected chi connectivity index (χ4v) is 1.58. The molecule has 0 aliphatic heterocycles. The summed E-state index contributed by atoms with van der Waals surface area (Å²) < 4.78 is 4.64. The molecule has 0 aliphatic rings. The van der Waals surface area contributed by atoms with Crippen LogP contribution in [0.1, 0.15) is 37.6 Å². The first kappa shape index (κ1) is 14.4. The maximum Gasteiger partial charge on any atom is 0.335 e. The Balaban J connectivity index is 2.78. The fourth-order valence-electron chi connectivity index (χ4n) is 1.58. The van der Waals surface area contributed by atoms with E-state index < -0.39 is 5.63 Å². The summed E-state index contributed by atoms with van der Waals surface area (Å²) in [7, 11) is 0. The minimum Gasteiger partial charge on any atom is -0.430 e. The van der Waals surface area contributed by atoms with Gasteiger partial charge in [-0.1, -0.05) is 20.8 Å². The van der Waals surface area contributed by atoms with Gasteiger partial charge in [-0.05, 0) is 17.9 Å². The Bertz CT molecular complexity index is 438. The summed E-state index contributed by atoms with van der Waals surface area (Å²) in [4.78, 5) is 22.7. The first-order chi connectivity index (χ1) is 8.34. The lowest BCUT2D eigenvalue weighted by molar-refractivity contribution is 0.0882. The van der Waals surface area contributed by atoms with Crippen LogP contribution in [0.3, 0.4) is 0 Å². The summed E-state index contributed by atoms with van der Waals surface area (Å²) in [6.07, 6.45) is 1.61. The van der Waals surface area contributed by atoms with Gasteiger partial charge in [0.05, 0.1) is 5.56 Å². The molecule has 5 heteroatoms. The smallest absolute Gasteiger partial charge is 0.335 e. The predicted octanol–water partition coefficient (Wildman–Crippen LogP) is 1.17. The van der Waals surface area contributed by atoms with Crippen molar-refractivity contribution in [1.29, 1.82) is 0 Å². The highest BCUT2D eigenvalue weighted by molar-refractivity contribution is 5.93. The van der Waals surface area contributed by atoms with Gasteiger partial charge in [-0.15, -0.1) is 0 Å². The first-order valence-corrected chi connectivity index (χ1v) is 5.85. The minimum absolute atomic E-state index is 0.00604. The SMILES string of the molecule is CC(C)(C)C(CCO)NC(=O)c1ccc(=O)oc1. The second kappa shape index (κ2) is 5.82. The molecule has 0 radical (unpaired) electrons. The largest absolute Gasteiger partial charge is 0.430 e. The molecule has 1 aromatic rings. The van der Waals surface area contributed by atoms with Gasteiger partial charge in [0.25, 0.3) is 5.91 Å². The average Bonchev–Trinajstić information content (AvgIpc) is 2.28. The van der Waals surface area contributed by atoms with Gasteiger partial charge >= 0.3 is 5.63 Å². The zero-order valence-corrected chi connectivity index (χ0v) is 10.9. The van der Waals surface area contributed by atoms with Crippen LogP contribution >= 0.6 is 0 Å². The highest BCUT2D eigenvalue weighted by Crippen LogP contribution is 2.21. The number of carbonyl (C=O) groups excluding carboxylic acids is 1. The molecule has 0 spiro atoms. The van der Waals surface area contributed by atoms with Gasteiger partial charge in [-0.25, -0.2) is 4.79 Å². The van der Waals surface area contributed by atoms with E-state index in [0.717, 1.165) is 6.26 Å². The van der Waals surface area contributed by atoms with Gasteiger partial charge in [0.15, 0.2) is 0 Å². The van der Waals surface area contributed by atoms with Crippen LogP contribution < -0.4 is 10.9 Å². The molecule has 0 aromatic carbocycles. The van der Waals surface area contributed by atoms with Crippen LogP contribution in [0, 0.1) is 5.41 Å². The molecular formula is C13H19NO4. The number of rotatable bonds is 4. The topological polar surface area (TPSA) is 79.5 Å². The number of aliphatic hydroxyl groups excluding tert-OH is 1. The summed E-state index contributed by atoms with van der Waals surface area (Å²) in [6, 6.07) is 2.47. The van der Waals surface area contributed by atoms with Gasteiger partial charge in [0.2, 0.25) is 0 Å². The number of carbonyl (C=O) groups is 1. The summed E-state index contributed by atoms with van der Waals surface area (Å²) in [5, 5.41) is 11.8. The molecule has 0 fully saturated rings. The Kier molecular flexibility index (Phi) is 4.67. The minimum atomic E-state index is -0.491. The molecule has 18 heavy (non-hydrogen) atoms. The summed E-state index contributed by atoms with van der Waals surface area (Å²) in [5.41, 5.74) is -0.357. The highest BCUT2D eigenvalue weighted by Gasteiger charge is 2.26. The standard InChI is InChI=1S/C13H19NO4/c1-13(2,3)10(6-7-15)14-12(17)9-4-5-11(16)18-8-9/h4-5,8,10,15H,6-7H2,1-3H3,(H,14,17). The third-order valence-corrected chi connectivity index (χ3v) is 2.73. The van der Waals surface area contributed by atoms with Crippen molar-refractivity contribution in [2.45, 2.75) is 33.2 Å². The molecule has 2 N–H and O–H groups in total. The second-order valence-electron chi connectivity index (χ2n) is 5.25. The van der Waals surface area contributed by atoms with E-state index in [2.05, 4.69) is 9.73 Å². The van der Waals surface area contributed by atoms with Crippen molar-refractivity contribution in [2.75, 3.05) is 6.61 Å². The van der Waals surface area contributed by atoms with Gasteiger partial charge < -0.3 is 14.8 Å². The van der Waals surface area contributed by atoms with Gasteiger partial charge in [-0.2, -0.15) is 0 Å². The van der Waals surface area contributed by atoms with Crippen molar-refractivity contribution in [3.05, 3.63) is 34.4 Å². The molecule has 5 nitrogen and oxygen atoms in total. The Labute approximate surface area is 106 Å². The molecule has 1 aromatic heterocycles. The molecule has 1 amide bonds. The molecule has 100 valence electrons. The normalized spacial score (nSPS) is 13.1. The van der Waals surface area contributed by atoms with E-state index in [1.54, 1.807) is 0 Å². The number of nitrogens with one attached hydrogen (secondary N) is 1. The van der Waals surface area contributed by atoms with Crippen LogP contribution in [-0.2, 0) is 0 Å². The average molecular weight is 253 g/mol. The Morgan fingerprint density at radius 2 is 2.11 bits per heavy atom. The molecule has 0 aliphatic carbocycles. The molecule has 0 bridgehead atoms. The molecular weight excluding hydrogens is 234 g/mol. The lowest BCUT2D eigenvalue weighted by Crippen LogP contribution is -2.44. The van der Waals surface area contributed by atoms with E-state index in [1.165, 1.54) is 12.1 Å². The maximum atomic E-state index is 11.9. The Morgan fingerprint density at radius 3 is 2.56 bits per heavy atom. The number of hydrogen-bond donors (Lipinski definition) is 2. The van der Waals surface area contributed by atoms with Crippen LogP contribution in [0.5, 0.6) is 0 Å². The van der Waals surface area contributed by atoms with Crippen molar-refractivity contribution in [2.24, 2.45) is 5.41 Å². The first-order valence-electron chi connectivity index (χ1n) is 5.85. The summed E-state index contributed by atoms with van der Waals surface area (Å²) in [6.45, 7) is 5.96. The second-order valence-corrected chi connectivity index (χ2v) is 5.25. The molecule has 0 saturated heterocycles. The molecule has 1 heterocycles. The van der Waals surface area contributed by atoms with Gasteiger partial charge in [-0.3, -0.25) is 4.79 Å². The van der Waals surface area contributed by atoms with E-state index in [-0.39, 0.29) is 24.0 Å². The van der Waals surface area contributed by atoms with Crippen LogP contribution in [0.15, 0.2) is 27.6 Å². The lowest BCUT2D eigenvalue weighted by atomic mass is 9.85. The number of aliphatic hydroxyl groups is 1. The van der Waals surface area contributed by atoms with Crippen LogP contribution in [-0.4, -0.2) is 23.7 Å². The number of amides is 1. The highest BCUT2D eigenvalue weighted by atomic mass is 16.4. The van der Waals surface area contributed by atoms with Crippen molar-refractivity contribution in [3.63, 3.8) is 0 Å². The van der Waals surface area contributed by atoms with Crippen LogP contribution in [0.25, 0.3) is 0 Å². The molecule has 1 atom stereocenters. The zero-order valence-electron chi connectivity index (χ0n) is 10.9. The molecule has 0 saturated carbocycles. The van der Waals surface area contributed by atoms with Crippen molar-refractivity contribution < 1.29 is 14.3 Å². The number of hydrogen-bond acceptors (Lipinski definition) is 4. The van der Waals surface area contributed by atoms with Crippen molar-refractivity contribution in [3.8, 4) is 0 Å². The Hall–Kier alpha value is -1.62. The van der Waals surface area contributed by atoms with Crippen molar-refractivity contribution in [1.82, 2.24) is 5.32 Å². The zero-order chi connectivity index (χ0) is 13.8. The van der Waals surface area contributed by atoms with E-state index in [1.807, 2.05) is 20.8 Å². The fraction of sp³-hybridized carbons (Fsp3) is 0.538. The molecule has 1 rings (SSSR count). The van der Waals surface area contributed by atoms with Gasteiger partial charge in [0.1, 0.15) is 6.26 Å². The third-order valence-electron chi connectivity index (χ3n) is 2.73. The summed E-state index contributed by atoms with van der Waals surface area (Å²) >= 11 is 0. The van der Waals surface area contributed by atoms with E-state index in [0.29, 0.717) is 12.0 Å². The van der Waals surface area contributed by atoms with E-state index >= 15 is 0 Å². The van der Waals surface area contributed by atoms with Gasteiger partial charge in [0, 0.05) is 18.7 Å². The quantitative estimate of drug-likeness (QED) is 0.844. The van der Waals surface area contributed by atoms with Crippen LogP contribution in [0.2, 0.25) is 0 Å². The maximum absolute atomic E-state index is 11.9. The predicted molar refractivity (Wildman–Crippen MR) is 67.4 cm³/mol.